The fraction of sp³-hybridized carbons (Fsp3) is 0.478. The number of likely N-dealkylation sites (N-methyl/N-ethyl adjacent to an activating group) is 2. The number of nitrogens with zero attached hydrogens (tertiary/aromatic N) is 6. The molecule has 0 aliphatic carbocycles. The molecule has 2 saturated heterocycles. The third-order valence-electron chi connectivity index (χ3n) is 6.37. The Bertz CT molecular complexity index is 1150. The number of nitrogen functional groups attached to an aromatic ring is 1. The van der Waals surface area contributed by atoms with Crippen LogP contribution in [0, 0.1) is 11.3 Å². The zero-order chi connectivity index (χ0) is 25.7. The van der Waals surface area contributed by atoms with Gasteiger partial charge in [0.15, 0.2) is 0 Å². The van der Waals surface area contributed by atoms with Gasteiger partial charge in [0, 0.05) is 64.3 Å². The predicted molar refractivity (Wildman–Crippen MR) is 146 cm³/mol. The van der Waals surface area contributed by atoms with E-state index >= 15 is 0 Å². The van der Waals surface area contributed by atoms with Gasteiger partial charge in [-0.15, -0.1) is 11.3 Å². The van der Waals surface area contributed by atoms with Crippen LogP contribution in [0.2, 0.25) is 0 Å². The summed E-state index contributed by atoms with van der Waals surface area (Å²) in [4.78, 5) is 26.1. The molecule has 2 aromatic rings. The summed E-state index contributed by atoms with van der Waals surface area (Å²) < 4.78 is 0. The standard InChI is InChI=1S/C13H17N5OS.C10H16N4S/c1-17-4-6-18(7-5-17)8-2-3-16-13-9(8)10(14)11(20-13)12(15)19;1-8(9(7-11)10(12)15)14-5-3-13(2)4-6-14/h2-3H,4-7,14H2,1H3,(H2,15,19);3-6H2,1-2H3,(H2,12,15)/b;9-8-. The Hall–Kier alpha value is -2.98. The third kappa shape index (κ3) is 6.18. The molecule has 2 aliphatic rings. The number of carbonyl (C=O) groups is 1. The van der Waals surface area contributed by atoms with Crippen molar-refractivity contribution in [1.29, 1.82) is 5.26 Å². The minimum Gasteiger partial charge on any atom is -0.397 e. The number of piperazine rings is 2. The van der Waals surface area contributed by atoms with E-state index in [0.29, 0.717) is 16.1 Å². The number of thiophene rings is 1. The van der Waals surface area contributed by atoms with Crippen molar-refractivity contribution in [3.63, 3.8) is 0 Å². The molecule has 12 heteroatoms. The van der Waals surface area contributed by atoms with E-state index in [0.717, 1.165) is 74.0 Å². The number of carbonyl (C=O) groups excluding carboxylic acids is 1. The van der Waals surface area contributed by atoms with Gasteiger partial charge in [-0.3, -0.25) is 4.79 Å². The van der Waals surface area contributed by atoms with Crippen LogP contribution in [0.25, 0.3) is 10.2 Å². The minimum absolute atomic E-state index is 0.189. The Kier molecular flexibility index (Phi) is 8.85. The summed E-state index contributed by atoms with van der Waals surface area (Å²) in [6.07, 6.45) is 1.76. The lowest BCUT2D eigenvalue weighted by molar-refractivity contribution is 0.100. The average molecular weight is 516 g/mol. The summed E-state index contributed by atoms with van der Waals surface area (Å²) >= 11 is 6.11. The first-order valence-electron chi connectivity index (χ1n) is 11.4. The SMILES string of the molecule is C/C(=C(\C#N)C(N)=S)N1CCN(C)CC1.CN1CCN(c2ccnc3sc(C(N)=O)c(N)c23)CC1. The number of pyridine rings is 1. The van der Waals surface area contributed by atoms with Gasteiger partial charge < -0.3 is 36.8 Å². The van der Waals surface area contributed by atoms with E-state index in [2.05, 4.69) is 44.7 Å². The van der Waals surface area contributed by atoms with E-state index in [1.807, 2.05) is 13.0 Å². The van der Waals surface area contributed by atoms with Crippen molar-refractivity contribution in [2.24, 2.45) is 11.5 Å². The maximum Gasteiger partial charge on any atom is 0.260 e. The van der Waals surface area contributed by atoms with E-state index < -0.39 is 5.91 Å². The molecule has 0 radical (unpaired) electrons. The van der Waals surface area contributed by atoms with Crippen molar-refractivity contribution >= 4 is 56.0 Å². The second-order valence-corrected chi connectivity index (χ2v) is 10.2. The number of aromatic nitrogens is 1. The summed E-state index contributed by atoms with van der Waals surface area (Å²) in [6.45, 7) is 9.68. The van der Waals surface area contributed by atoms with Gasteiger partial charge >= 0.3 is 0 Å². The first kappa shape index (κ1) is 26.6. The van der Waals surface area contributed by atoms with Crippen LogP contribution in [0.3, 0.4) is 0 Å². The quantitative estimate of drug-likeness (QED) is 0.307. The van der Waals surface area contributed by atoms with Crippen LogP contribution in [0.5, 0.6) is 0 Å². The van der Waals surface area contributed by atoms with Gasteiger partial charge in [0.2, 0.25) is 0 Å². The average Bonchev–Trinajstić information content (AvgIpc) is 3.18. The van der Waals surface area contributed by atoms with Gasteiger partial charge in [-0.2, -0.15) is 5.26 Å². The van der Waals surface area contributed by atoms with Crippen LogP contribution in [0.15, 0.2) is 23.5 Å². The minimum atomic E-state index is -0.491. The topological polar surface area (TPSA) is 145 Å². The Morgan fingerprint density at radius 3 is 2.17 bits per heavy atom. The molecule has 6 N–H and O–H groups in total. The lowest BCUT2D eigenvalue weighted by atomic mass is 10.2. The lowest BCUT2D eigenvalue weighted by Gasteiger charge is -2.34. The number of rotatable bonds is 4. The molecular formula is C23H33N9OS2. The zero-order valence-electron chi connectivity index (χ0n) is 20.5. The number of nitriles is 1. The number of thiocarbonyl (C=S) groups is 1. The number of hydrogen-bond acceptors (Lipinski definition) is 10. The molecule has 4 heterocycles. The van der Waals surface area contributed by atoms with Gasteiger partial charge in [0.25, 0.3) is 5.91 Å². The second kappa shape index (κ2) is 11.6. The highest BCUT2D eigenvalue weighted by Crippen LogP contribution is 2.38. The van der Waals surface area contributed by atoms with Crippen LogP contribution in [0.1, 0.15) is 16.6 Å². The molecule has 2 aromatic heterocycles. The molecule has 1 amide bonds. The van der Waals surface area contributed by atoms with Crippen LogP contribution in [0.4, 0.5) is 11.4 Å². The van der Waals surface area contributed by atoms with Gasteiger partial charge in [0.1, 0.15) is 26.3 Å². The molecule has 2 aliphatic heterocycles. The number of primary amides is 1. The van der Waals surface area contributed by atoms with Crippen molar-refractivity contribution in [3.05, 3.63) is 28.4 Å². The molecule has 10 nitrogen and oxygen atoms in total. The van der Waals surface area contributed by atoms with Crippen molar-refractivity contribution in [3.8, 4) is 6.07 Å². The van der Waals surface area contributed by atoms with Crippen molar-refractivity contribution < 1.29 is 4.79 Å². The first-order valence-corrected chi connectivity index (χ1v) is 12.6. The molecule has 0 saturated carbocycles. The Morgan fingerprint density at radius 1 is 1.09 bits per heavy atom. The summed E-state index contributed by atoms with van der Waals surface area (Å²) in [7, 11) is 4.21. The van der Waals surface area contributed by atoms with Crippen LogP contribution >= 0.6 is 23.6 Å². The van der Waals surface area contributed by atoms with Gasteiger partial charge in [0.05, 0.1) is 16.8 Å². The molecule has 0 spiro atoms. The highest BCUT2D eigenvalue weighted by atomic mass is 32.1. The number of allylic oxidation sites excluding steroid dienone is 1. The monoisotopic (exact) mass is 515 g/mol. The van der Waals surface area contributed by atoms with E-state index in [4.69, 9.17) is 34.7 Å². The maximum atomic E-state index is 11.4. The van der Waals surface area contributed by atoms with Crippen molar-refractivity contribution in [2.45, 2.75) is 6.92 Å². The Labute approximate surface area is 215 Å². The van der Waals surface area contributed by atoms with E-state index in [1.165, 1.54) is 11.3 Å². The maximum absolute atomic E-state index is 11.4. The number of amides is 1. The summed E-state index contributed by atoms with van der Waals surface area (Å²) in [5.41, 5.74) is 19.8. The largest absolute Gasteiger partial charge is 0.397 e. The molecular weight excluding hydrogens is 482 g/mol. The van der Waals surface area contributed by atoms with Gasteiger partial charge in [-0.1, -0.05) is 12.2 Å². The second-order valence-electron chi connectivity index (χ2n) is 8.74. The van der Waals surface area contributed by atoms with Crippen LogP contribution in [-0.2, 0) is 0 Å². The molecule has 4 rings (SSSR count). The highest BCUT2D eigenvalue weighted by molar-refractivity contribution is 7.80. The van der Waals surface area contributed by atoms with E-state index in [1.54, 1.807) is 6.20 Å². The summed E-state index contributed by atoms with van der Waals surface area (Å²) in [5, 5.41) is 9.79. The molecule has 0 aromatic carbocycles. The molecule has 0 atom stereocenters. The fourth-order valence-corrected chi connectivity index (χ4v) is 5.27. The highest BCUT2D eigenvalue weighted by Gasteiger charge is 2.22. The molecule has 2 fully saturated rings. The van der Waals surface area contributed by atoms with E-state index in [9.17, 15) is 4.79 Å². The zero-order valence-corrected chi connectivity index (χ0v) is 22.1. The molecule has 35 heavy (non-hydrogen) atoms. The third-order valence-corrected chi connectivity index (χ3v) is 7.70. The number of nitrogens with two attached hydrogens (primary N) is 3. The Morgan fingerprint density at radius 2 is 1.66 bits per heavy atom. The summed E-state index contributed by atoms with van der Waals surface area (Å²) in [6, 6.07) is 4.03. The molecule has 0 bridgehead atoms. The van der Waals surface area contributed by atoms with E-state index in [-0.39, 0.29) is 4.99 Å². The van der Waals surface area contributed by atoms with Crippen LogP contribution in [-0.4, -0.2) is 97.0 Å². The normalized spacial score (nSPS) is 17.9. The Balaban J connectivity index is 0.000000205. The number of hydrogen-bond donors (Lipinski definition) is 3. The van der Waals surface area contributed by atoms with Crippen molar-refractivity contribution in [1.82, 2.24) is 19.7 Å². The smallest absolute Gasteiger partial charge is 0.260 e. The summed E-state index contributed by atoms with van der Waals surface area (Å²) in [5.74, 6) is -0.491. The lowest BCUT2D eigenvalue weighted by Crippen LogP contribution is -2.44. The fourth-order valence-electron chi connectivity index (χ4n) is 4.14. The molecule has 188 valence electrons. The van der Waals surface area contributed by atoms with Crippen molar-refractivity contribution in [2.75, 3.05) is 77.1 Å². The first-order chi connectivity index (χ1) is 16.6. The number of fused-ring (bicyclic) bond motifs is 1. The van der Waals surface area contributed by atoms with Gasteiger partial charge in [-0.05, 0) is 27.1 Å². The predicted octanol–water partition coefficient (Wildman–Crippen LogP) is 1.05. The van der Waals surface area contributed by atoms with Gasteiger partial charge in [-0.25, -0.2) is 4.98 Å². The van der Waals surface area contributed by atoms with Crippen LogP contribution < -0.4 is 22.1 Å². The number of anilines is 2. The molecule has 0 unspecified atom stereocenters.